The van der Waals surface area contributed by atoms with Gasteiger partial charge in [0.1, 0.15) is 0 Å². The van der Waals surface area contributed by atoms with Crippen LogP contribution in [-0.2, 0) is 20.5 Å². The second kappa shape index (κ2) is 6.50. The summed E-state index contributed by atoms with van der Waals surface area (Å²) in [5.74, 6) is -0.325. The molecule has 0 amide bonds. The van der Waals surface area contributed by atoms with Gasteiger partial charge in [-0.2, -0.15) is 0 Å². The van der Waals surface area contributed by atoms with Crippen LogP contribution in [0.3, 0.4) is 0 Å². The summed E-state index contributed by atoms with van der Waals surface area (Å²) in [4.78, 5) is 11.5. The zero-order chi connectivity index (χ0) is 17.3. The average Bonchev–Trinajstić information content (AvgIpc) is 2.72. The fourth-order valence-corrected chi connectivity index (χ4v) is 2.43. The molecule has 1 heterocycles. The van der Waals surface area contributed by atoms with E-state index >= 15 is 0 Å². The van der Waals surface area contributed by atoms with Gasteiger partial charge in [-0.05, 0) is 64.2 Å². The van der Waals surface area contributed by atoms with Gasteiger partial charge in [0, 0.05) is 0 Å². The first-order valence-corrected chi connectivity index (χ1v) is 7.88. The summed E-state index contributed by atoms with van der Waals surface area (Å²) >= 11 is 0. The third kappa shape index (κ3) is 3.67. The molecule has 0 radical (unpaired) electrons. The lowest BCUT2D eigenvalue weighted by Crippen LogP contribution is -2.41. The number of carbonyl (C=O) groups is 1. The third-order valence-electron chi connectivity index (χ3n) is 4.71. The van der Waals surface area contributed by atoms with Crippen LogP contribution >= 0.6 is 0 Å². The number of carbonyl (C=O) groups excluding carboxylic acids is 1. The van der Waals surface area contributed by atoms with E-state index in [1.54, 1.807) is 12.1 Å². The lowest BCUT2D eigenvalue weighted by Gasteiger charge is -2.32. The molecule has 2 rings (SSSR count). The molecular formula is C18H25BO4. The van der Waals surface area contributed by atoms with Gasteiger partial charge in [-0.15, -0.1) is 0 Å². The molecule has 23 heavy (non-hydrogen) atoms. The van der Waals surface area contributed by atoms with Gasteiger partial charge in [0.05, 0.1) is 23.9 Å². The van der Waals surface area contributed by atoms with Crippen molar-refractivity contribution in [2.75, 3.05) is 7.11 Å². The van der Waals surface area contributed by atoms with Gasteiger partial charge >= 0.3 is 13.1 Å². The van der Waals surface area contributed by atoms with Crippen molar-refractivity contribution in [3.05, 3.63) is 46.9 Å². The molecule has 0 N–H and O–H groups in total. The summed E-state index contributed by atoms with van der Waals surface area (Å²) < 4.78 is 16.9. The Morgan fingerprint density at radius 3 is 2.09 bits per heavy atom. The van der Waals surface area contributed by atoms with Crippen LogP contribution in [0, 0.1) is 0 Å². The zero-order valence-electron chi connectivity index (χ0n) is 14.8. The molecule has 5 heteroatoms. The highest BCUT2D eigenvalue weighted by Crippen LogP contribution is 2.39. The molecule has 0 aliphatic carbocycles. The Labute approximate surface area is 139 Å². The van der Waals surface area contributed by atoms with Gasteiger partial charge in [-0.3, -0.25) is 0 Å². The minimum Gasteiger partial charge on any atom is -0.465 e. The minimum absolute atomic E-state index is 0.325. The number of hydrogen-bond acceptors (Lipinski definition) is 4. The van der Waals surface area contributed by atoms with Gasteiger partial charge in [0.2, 0.25) is 0 Å². The van der Waals surface area contributed by atoms with Gasteiger partial charge in [0.25, 0.3) is 0 Å². The predicted octanol–water partition coefficient (Wildman–Crippen LogP) is 3.59. The molecule has 0 atom stereocenters. The zero-order valence-corrected chi connectivity index (χ0v) is 14.8. The molecule has 1 aliphatic rings. The normalized spacial score (nSPS) is 19.7. The number of ether oxygens (including phenoxy) is 1. The van der Waals surface area contributed by atoms with E-state index in [9.17, 15) is 4.79 Å². The lowest BCUT2D eigenvalue weighted by molar-refractivity contribution is 0.00578. The molecule has 0 saturated carbocycles. The Hall–Kier alpha value is -1.59. The van der Waals surface area contributed by atoms with E-state index in [4.69, 9.17) is 14.0 Å². The van der Waals surface area contributed by atoms with Gasteiger partial charge < -0.3 is 14.0 Å². The largest absolute Gasteiger partial charge is 0.490 e. The van der Waals surface area contributed by atoms with Crippen LogP contribution in [0.25, 0.3) is 0 Å². The first kappa shape index (κ1) is 17.8. The molecule has 0 bridgehead atoms. The molecule has 1 saturated heterocycles. The van der Waals surface area contributed by atoms with Crippen molar-refractivity contribution in [1.29, 1.82) is 0 Å². The predicted molar refractivity (Wildman–Crippen MR) is 91.3 cm³/mol. The molecule has 124 valence electrons. The van der Waals surface area contributed by atoms with Crippen molar-refractivity contribution < 1.29 is 18.8 Å². The van der Waals surface area contributed by atoms with Crippen LogP contribution < -0.4 is 0 Å². The number of methoxy groups -OCH3 is 1. The van der Waals surface area contributed by atoms with E-state index in [0.29, 0.717) is 5.56 Å². The van der Waals surface area contributed by atoms with Crippen molar-refractivity contribution in [3.8, 4) is 0 Å². The van der Waals surface area contributed by atoms with Crippen molar-refractivity contribution in [1.82, 2.24) is 0 Å². The Morgan fingerprint density at radius 1 is 1.13 bits per heavy atom. The standard InChI is InChI=1S/C18H25BO4/c1-7-15(19-22-17(2,3)18(4,5)23-19)12-13-8-10-14(11-9-13)16(20)21-6/h7-11H,12H2,1-6H3/b15-7+. The summed E-state index contributed by atoms with van der Waals surface area (Å²) in [5, 5.41) is 0. The first-order valence-electron chi connectivity index (χ1n) is 7.88. The molecule has 1 aromatic rings. The Balaban J connectivity index is 2.11. The third-order valence-corrected chi connectivity index (χ3v) is 4.71. The highest BCUT2D eigenvalue weighted by molar-refractivity contribution is 6.54. The SMILES string of the molecule is C/C=C(\Cc1ccc(C(=O)OC)cc1)B1OC(C)(C)C(C)(C)O1. The molecule has 4 nitrogen and oxygen atoms in total. The average molecular weight is 316 g/mol. The molecule has 1 fully saturated rings. The summed E-state index contributed by atoms with van der Waals surface area (Å²) in [7, 11) is 1.04. The Morgan fingerprint density at radius 2 is 1.65 bits per heavy atom. The highest BCUT2D eigenvalue weighted by Gasteiger charge is 2.52. The Bertz CT molecular complexity index is 586. The van der Waals surface area contributed by atoms with Gasteiger partial charge in [-0.1, -0.05) is 18.2 Å². The fourth-order valence-electron chi connectivity index (χ4n) is 2.43. The molecule has 0 aromatic heterocycles. The van der Waals surface area contributed by atoms with E-state index in [0.717, 1.165) is 17.5 Å². The number of esters is 1. The molecule has 1 aromatic carbocycles. The van der Waals surface area contributed by atoms with Crippen molar-refractivity contribution >= 4 is 13.1 Å². The molecule has 0 spiro atoms. The van der Waals surface area contributed by atoms with Crippen LogP contribution in [0.4, 0.5) is 0 Å². The maximum absolute atomic E-state index is 11.5. The van der Waals surface area contributed by atoms with Crippen molar-refractivity contribution in [2.24, 2.45) is 0 Å². The highest BCUT2D eigenvalue weighted by atomic mass is 16.7. The Kier molecular flexibility index (Phi) is 5.02. The van der Waals surface area contributed by atoms with Crippen LogP contribution in [0.2, 0.25) is 0 Å². The summed E-state index contributed by atoms with van der Waals surface area (Å²) in [6.07, 6.45) is 2.76. The fraction of sp³-hybridized carbons (Fsp3) is 0.500. The molecular weight excluding hydrogens is 291 g/mol. The number of benzene rings is 1. The van der Waals surface area contributed by atoms with Crippen LogP contribution in [-0.4, -0.2) is 31.4 Å². The lowest BCUT2D eigenvalue weighted by atomic mass is 9.74. The number of allylic oxidation sites excluding steroid dienone is 2. The molecule has 0 unspecified atom stereocenters. The minimum atomic E-state index is -0.347. The van der Waals surface area contributed by atoms with E-state index < -0.39 is 0 Å². The maximum atomic E-state index is 11.5. The first-order chi connectivity index (χ1) is 10.7. The second-order valence-corrected chi connectivity index (χ2v) is 6.82. The number of hydrogen-bond donors (Lipinski definition) is 0. The van der Waals surface area contributed by atoms with Crippen LogP contribution in [0.15, 0.2) is 35.8 Å². The number of rotatable bonds is 4. The van der Waals surface area contributed by atoms with Gasteiger partial charge in [-0.25, -0.2) is 4.79 Å². The van der Waals surface area contributed by atoms with E-state index in [1.165, 1.54) is 7.11 Å². The van der Waals surface area contributed by atoms with Crippen molar-refractivity contribution in [3.63, 3.8) is 0 Å². The summed E-state index contributed by atoms with van der Waals surface area (Å²) in [6.45, 7) is 10.2. The van der Waals surface area contributed by atoms with Crippen LogP contribution in [0.5, 0.6) is 0 Å². The smallest absolute Gasteiger partial charge is 0.465 e. The van der Waals surface area contributed by atoms with E-state index in [1.807, 2.05) is 52.8 Å². The summed E-state index contributed by atoms with van der Waals surface area (Å²) in [6, 6.07) is 7.42. The molecule has 1 aliphatic heterocycles. The quantitative estimate of drug-likeness (QED) is 0.629. The topological polar surface area (TPSA) is 44.8 Å². The second-order valence-electron chi connectivity index (χ2n) is 6.82. The summed E-state index contributed by atoms with van der Waals surface area (Å²) in [5.41, 5.74) is 2.03. The van der Waals surface area contributed by atoms with Crippen LogP contribution in [0.1, 0.15) is 50.5 Å². The van der Waals surface area contributed by atoms with Gasteiger partial charge in [0.15, 0.2) is 0 Å². The van der Waals surface area contributed by atoms with E-state index in [-0.39, 0.29) is 24.3 Å². The van der Waals surface area contributed by atoms with E-state index in [2.05, 4.69) is 0 Å². The van der Waals surface area contributed by atoms with Crippen molar-refractivity contribution in [2.45, 2.75) is 52.2 Å². The monoisotopic (exact) mass is 316 g/mol. The maximum Gasteiger partial charge on any atom is 0.490 e.